The Bertz CT molecular complexity index is 3160. The summed E-state index contributed by atoms with van der Waals surface area (Å²) in [4.78, 5) is 15.4. The summed E-state index contributed by atoms with van der Waals surface area (Å²) >= 11 is 3.64. The van der Waals surface area contributed by atoms with Gasteiger partial charge in [0.1, 0.15) is 16.8 Å². The summed E-state index contributed by atoms with van der Waals surface area (Å²) in [6.07, 6.45) is 1.84. The Labute approximate surface area is 299 Å². The van der Waals surface area contributed by atoms with Crippen LogP contribution in [0.5, 0.6) is 0 Å². The van der Waals surface area contributed by atoms with Crippen molar-refractivity contribution in [2.75, 3.05) is 0 Å². The molecule has 0 fully saturated rings. The molecule has 238 valence electrons. The number of rotatable bonds is 4. The summed E-state index contributed by atoms with van der Waals surface area (Å²) < 4.78 is 11.6. The second-order valence-electron chi connectivity index (χ2n) is 12.8. The minimum absolute atomic E-state index is 0.642. The van der Waals surface area contributed by atoms with Crippen molar-refractivity contribution in [2.45, 2.75) is 0 Å². The molecule has 5 heterocycles. The molecule has 4 nitrogen and oxygen atoms in total. The highest BCUT2D eigenvalue weighted by atomic mass is 32.1. The highest BCUT2D eigenvalue weighted by Crippen LogP contribution is 2.43. The molecule has 0 bridgehead atoms. The van der Waals surface area contributed by atoms with Crippen LogP contribution in [0.4, 0.5) is 0 Å². The zero-order valence-corrected chi connectivity index (χ0v) is 28.6. The van der Waals surface area contributed by atoms with E-state index in [-0.39, 0.29) is 0 Å². The molecule has 0 aliphatic heterocycles. The molecule has 0 saturated heterocycles. The predicted molar refractivity (Wildman–Crippen MR) is 215 cm³/mol. The minimum Gasteiger partial charge on any atom is -0.452 e. The minimum atomic E-state index is 0.642. The van der Waals surface area contributed by atoms with Gasteiger partial charge in [0, 0.05) is 68.6 Å². The molecule has 0 N–H and O–H groups in total. The second-order valence-corrected chi connectivity index (χ2v) is 14.9. The standard InChI is InChI=1S/C45H25N3OS2/c1-4-16-37-35(12-1)42-43(49-37)41(26-19-20-33-31-10-2-5-17-38(31)50-40(33)25-26)47-45(48-42)29-23-27(22-28(24-29)36-15-7-8-21-46-36)30-13-9-14-34-32-11-3-6-18-39(32)51-44(30)34/h1-25H. The van der Waals surface area contributed by atoms with Gasteiger partial charge in [-0.3, -0.25) is 4.98 Å². The average molecular weight is 688 g/mol. The lowest BCUT2D eigenvalue weighted by Crippen LogP contribution is -1.95. The van der Waals surface area contributed by atoms with Gasteiger partial charge in [0.25, 0.3) is 0 Å². The number of para-hydroxylation sites is 1. The maximum Gasteiger partial charge on any atom is 0.180 e. The van der Waals surface area contributed by atoms with E-state index in [1.807, 2.05) is 47.9 Å². The summed E-state index contributed by atoms with van der Waals surface area (Å²) in [5.74, 6) is 0.642. The van der Waals surface area contributed by atoms with Gasteiger partial charge in [0.05, 0.1) is 5.69 Å². The van der Waals surface area contributed by atoms with Gasteiger partial charge in [-0.2, -0.15) is 0 Å². The van der Waals surface area contributed by atoms with Gasteiger partial charge in [-0.15, -0.1) is 22.7 Å². The smallest absolute Gasteiger partial charge is 0.180 e. The number of aromatic nitrogens is 3. The van der Waals surface area contributed by atoms with Crippen molar-refractivity contribution in [3.05, 3.63) is 152 Å². The average Bonchev–Trinajstić information content (AvgIpc) is 3.88. The first-order valence-electron chi connectivity index (χ1n) is 16.8. The molecule has 0 aliphatic rings. The van der Waals surface area contributed by atoms with E-state index in [0.29, 0.717) is 11.4 Å². The molecule has 0 amide bonds. The van der Waals surface area contributed by atoms with Crippen molar-refractivity contribution < 1.29 is 4.42 Å². The van der Waals surface area contributed by atoms with E-state index in [2.05, 4.69) is 115 Å². The summed E-state index contributed by atoms with van der Waals surface area (Å²) in [6, 6.07) is 51.2. The van der Waals surface area contributed by atoms with E-state index in [0.717, 1.165) is 50.1 Å². The lowest BCUT2D eigenvalue weighted by molar-refractivity contribution is 0.667. The van der Waals surface area contributed by atoms with E-state index in [4.69, 9.17) is 19.4 Å². The molecule has 0 spiro atoms. The zero-order chi connectivity index (χ0) is 33.5. The van der Waals surface area contributed by atoms with Gasteiger partial charge in [-0.25, -0.2) is 9.97 Å². The molecule has 6 aromatic carbocycles. The Morgan fingerprint density at radius 1 is 0.471 bits per heavy atom. The molecule has 6 heteroatoms. The van der Waals surface area contributed by atoms with Crippen molar-refractivity contribution in [3.63, 3.8) is 0 Å². The summed E-state index contributed by atoms with van der Waals surface area (Å²) in [5.41, 5.74) is 9.17. The van der Waals surface area contributed by atoms with Gasteiger partial charge in [0.15, 0.2) is 11.4 Å². The second kappa shape index (κ2) is 11.2. The molecule has 0 aliphatic carbocycles. The van der Waals surface area contributed by atoms with Crippen LogP contribution in [0.25, 0.3) is 107 Å². The highest BCUT2D eigenvalue weighted by Gasteiger charge is 2.21. The summed E-state index contributed by atoms with van der Waals surface area (Å²) in [5, 5.41) is 6.03. The molecule has 0 unspecified atom stereocenters. The van der Waals surface area contributed by atoms with Gasteiger partial charge >= 0.3 is 0 Å². The van der Waals surface area contributed by atoms with Crippen molar-refractivity contribution >= 4 is 85.1 Å². The third-order valence-corrected chi connectivity index (χ3v) is 12.1. The van der Waals surface area contributed by atoms with Gasteiger partial charge in [0.2, 0.25) is 0 Å². The lowest BCUT2D eigenvalue weighted by Gasteiger charge is -2.12. The molecule has 11 aromatic rings. The zero-order valence-electron chi connectivity index (χ0n) is 27.0. The van der Waals surface area contributed by atoms with E-state index >= 15 is 0 Å². The Kier molecular flexibility index (Phi) is 6.26. The van der Waals surface area contributed by atoms with E-state index in [1.54, 1.807) is 11.3 Å². The largest absolute Gasteiger partial charge is 0.452 e. The normalized spacial score (nSPS) is 11.9. The molecule has 11 rings (SSSR count). The predicted octanol–water partition coefficient (Wildman–Crippen LogP) is 13.2. The van der Waals surface area contributed by atoms with Crippen LogP contribution >= 0.6 is 22.7 Å². The number of furan rings is 1. The Balaban J connectivity index is 1.18. The number of nitrogens with zero attached hydrogens (tertiary/aromatic N) is 3. The van der Waals surface area contributed by atoms with Gasteiger partial charge < -0.3 is 4.42 Å². The summed E-state index contributed by atoms with van der Waals surface area (Å²) in [6.45, 7) is 0. The molecular formula is C45H25N3OS2. The fourth-order valence-electron chi connectivity index (χ4n) is 7.36. The Hall–Kier alpha value is -6.21. The van der Waals surface area contributed by atoms with Crippen LogP contribution in [-0.2, 0) is 0 Å². The van der Waals surface area contributed by atoms with Crippen LogP contribution in [0.2, 0.25) is 0 Å². The third-order valence-electron chi connectivity index (χ3n) is 9.74. The van der Waals surface area contributed by atoms with Crippen LogP contribution < -0.4 is 0 Å². The molecule has 0 radical (unpaired) electrons. The van der Waals surface area contributed by atoms with Crippen molar-refractivity contribution in [2.24, 2.45) is 0 Å². The number of hydrogen-bond donors (Lipinski definition) is 0. The van der Waals surface area contributed by atoms with E-state index < -0.39 is 0 Å². The van der Waals surface area contributed by atoms with Crippen molar-refractivity contribution in [1.82, 2.24) is 15.0 Å². The molecule has 0 saturated carbocycles. The lowest BCUT2D eigenvalue weighted by atomic mass is 9.96. The first-order chi connectivity index (χ1) is 25.2. The maximum atomic E-state index is 6.53. The molecule has 0 atom stereocenters. The number of pyridine rings is 1. The monoisotopic (exact) mass is 687 g/mol. The summed E-state index contributed by atoms with van der Waals surface area (Å²) in [7, 11) is 0. The first-order valence-corrected chi connectivity index (χ1v) is 18.5. The van der Waals surface area contributed by atoms with Crippen LogP contribution in [0.3, 0.4) is 0 Å². The number of benzene rings is 6. The molecular weight excluding hydrogens is 663 g/mol. The third kappa shape index (κ3) is 4.54. The van der Waals surface area contributed by atoms with Crippen LogP contribution in [0.15, 0.2) is 156 Å². The quantitative estimate of drug-likeness (QED) is 0.185. The van der Waals surface area contributed by atoms with E-state index in [1.165, 1.54) is 45.9 Å². The number of hydrogen-bond acceptors (Lipinski definition) is 6. The first kappa shape index (κ1) is 28.6. The van der Waals surface area contributed by atoms with Crippen LogP contribution in [0.1, 0.15) is 0 Å². The fourth-order valence-corrected chi connectivity index (χ4v) is 9.74. The van der Waals surface area contributed by atoms with Gasteiger partial charge in [-0.05, 0) is 71.8 Å². The van der Waals surface area contributed by atoms with E-state index in [9.17, 15) is 0 Å². The SMILES string of the molecule is c1ccc(-c2cc(-c3nc(-c4ccc5c(c4)sc4ccccc45)c4oc5ccccc5c4n3)cc(-c3cccc4c3sc3ccccc34)c2)nc1. The Morgan fingerprint density at radius 2 is 1.18 bits per heavy atom. The highest BCUT2D eigenvalue weighted by molar-refractivity contribution is 7.26. The van der Waals surface area contributed by atoms with Crippen LogP contribution in [0, 0.1) is 0 Å². The van der Waals surface area contributed by atoms with Crippen molar-refractivity contribution in [1.29, 1.82) is 0 Å². The van der Waals surface area contributed by atoms with Crippen molar-refractivity contribution in [3.8, 4) is 45.0 Å². The topological polar surface area (TPSA) is 51.8 Å². The number of thiophene rings is 2. The van der Waals surface area contributed by atoms with Crippen LogP contribution in [-0.4, -0.2) is 15.0 Å². The molecule has 5 aromatic heterocycles. The molecule has 51 heavy (non-hydrogen) atoms. The fraction of sp³-hybridized carbons (Fsp3) is 0. The number of fused-ring (bicyclic) bond motifs is 9. The maximum absolute atomic E-state index is 6.53. The Morgan fingerprint density at radius 3 is 2.04 bits per heavy atom. The van der Waals surface area contributed by atoms with Gasteiger partial charge in [-0.1, -0.05) is 84.9 Å².